The van der Waals surface area contributed by atoms with Gasteiger partial charge in [0.15, 0.2) is 0 Å². The van der Waals surface area contributed by atoms with Crippen LogP contribution in [0.3, 0.4) is 0 Å². The molecule has 2 aliphatic rings. The van der Waals surface area contributed by atoms with E-state index in [0.29, 0.717) is 18.2 Å². The van der Waals surface area contributed by atoms with Crippen LogP contribution in [0, 0.1) is 0 Å². The van der Waals surface area contributed by atoms with Gasteiger partial charge in [0.2, 0.25) is 0 Å². The summed E-state index contributed by atoms with van der Waals surface area (Å²) < 4.78 is 5.84. The Morgan fingerprint density at radius 3 is 2.96 bits per heavy atom. The Morgan fingerprint density at radius 1 is 1.15 bits per heavy atom. The summed E-state index contributed by atoms with van der Waals surface area (Å²) in [5.41, 5.74) is 6.38. The molecule has 27 heavy (non-hydrogen) atoms. The number of carbonyl (C=O) groups excluding carboxylic acids is 1. The molecule has 0 radical (unpaired) electrons. The van der Waals surface area contributed by atoms with Crippen LogP contribution in [0.25, 0.3) is 22.9 Å². The molecule has 2 N–H and O–H groups in total. The van der Waals surface area contributed by atoms with Crippen molar-refractivity contribution in [1.82, 2.24) is 15.3 Å². The molecular formula is C21H16ClN3O2. The van der Waals surface area contributed by atoms with E-state index in [4.69, 9.17) is 16.3 Å². The molecule has 134 valence electrons. The lowest BCUT2D eigenvalue weighted by atomic mass is 10.0. The number of nitrogens with one attached hydrogen (secondary N) is 2. The van der Waals surface area contributed by atoms with E-state index in [0.717, 1.165) is 51.5 Å². The first-order valence-corrected chi connectivity index (χ1v) is 9.15. The fourth-order valence-corrected chi connectivity index (χ4v) is 3.70. The van der Waals surface area contributed by atoms with Gasteiger partial charge in [-0.3, -0.25) is 9.78 Å². The molecule has 4 heterocycles. The van der Waals surface area contributed by atoms with Crippen molar-refractivity contribution in [2.45, 2.75) is 6.42 Å². The van der Waals surface area contributed by atoms with Crippen molar-refractivity contribution in [2.24, 2.45) is 0 Å². The van der Waals surface area contributed by atoms with Gasteiger partial charge < -0.3 is 15.0 Å². The number of fused-ring (bicyclic) bond motifs is 2. The van der Waals surface area contributed by atoms with E-state index in [9.17, 15) is 4.79 Å². The minimum absolute atomic E-state index is 0.0232. The predicted molar refractivity (Wildman–Crippen MR) is 105 cm³/mol. The summed E-state index contributed by atoms with van der Waals surface area (Å²) in [7, 11) is 0. The highest BCUT2D eigenvalue weighted by Crippen LogP contribution is 2.33. The molecule has 0 saturated carbocycles. The van der Waals surface area contributed by atoms with Gasteiger partial charge in [0.25, 0.3) is 5.91 Å². The standard InChI is InChI=1S/C21H16ClN3O2/c22-15-1-2-20-13(8-15)7-14(11-27-20)18-9-12(3-5-23-18)19-10-16-17(25-19)4-6-24-21(16)26/h1-3,5,7-10,25H,4,6,11H2,(H,24,26). The Balaban J connectivity index is 1.52. The van der Waals surface area contributed by atoms with Crippen molar-refractivity contribution in [3.63, 3.8) is 0 Å². The van der Waals surface area contributed by atoms with Crippen molar-refractivity contribution in [1.29, 1.82) is 0 Å². The average Bonchev–Trinajstić information content (AvgIpc) is 3.13. The van der Waals surface area contributed by atoms with Crippen LogP contribution < -0.4 is 10.1 Å². The van der Waals surface area contributed by atoms with Gasteiger partial charge in [-0.05, 0) is 42.5 Å². The van der Waals surface area contributed by atoms with E-state index >= 15 is 0 Å². The molecule has 1 aromatic carbocycles. The predicted octanol–water partition coefficient (Wildman–Crippen LogP) is 3.95. The number of nitrogens with zero attached hydrogens (tertiary/aromatic N) is 1. The van der Waals surface area contributed by atoms with Crippen LogP contribution in [0.15, 0.2) is 42.6 Å². The maximum absolute atomic E-state index is 12.0. The molecule has 5 nitrogen and oxygen atoms in total. The summed E-state index contributed by atoms with van der Waals surface area (Å²) in [6.45, 7) is 1.12. The number of rotatable bonds is 2. The normalized spacial score (nSPS) is 15.3. The molecular weight excluding hydrogens is 362 g/mol. The number of ether oxygens (including phenoxy) is 1. The summed E-state index contributed by atoms with van der Waals surface area (Å²) >= 11 is 6.10. The largest absolute Gasteiger partial charge is 0.488 e. The lowest BCUT2D eigenvalue weighted by molar-refractivity contribution is 0.0946. The van der Waals surface area contributed by atoms with Gasteiger partial charge in [-0.1, -0.05) is 11.6 Å². The van der Waals surface area contributed by atoms with E-state index < -0.39 is 0 Å². The first-order valence-electron chi connectivity index (χ1n) is 8.77. The van der Waals surface area contributed by atoms with Gasteiger partial charge in [-0.15, -0.1) is 0 Å². The molecule has 5 rings (SSSR count). The fourth-order valence-electron chi connectivity index (χ4n) is 3.52. The van der Waals surface area contributed by atoms with E-state index in [1.807, 2.05) is 36.4 Å². The van der Waals surface area contributed by atoms with Gasteiger partial charge in [0, 0.05) is 52.3 Å². The van der Waals surface area contributed by atoms with Gasteiger partial charge >= 0.3 is 0 Å². The van der Waals surface area contributed by atoms with Gasteiger partial charge in [-0.25, -0.2) is 0 Å². The minimum atomic E-state index is -0.0232. The van der Waals surface area contributed by atoms with E-state index in [1.54, 1.807) is 6.20 Å². The third-order valence-corrected chi connectivity index (χ3v) is 5.12. The zero-order valence-electron chi connectivity index (χ0n) is 14.4. The number of hydrogen-bond donors (Lipinski definition) is 2. The highest BCUT2D eigenvalue weighted by atomic mass is 35.5. The number of aromatic amines is 1. The molecule has 6 heteroatoms. The van der Waals surface area contributed by atoms with Crippen LogP contribution in [0.2, 0.25) is 5.02 Å². The minimum Gasteiger partial charge on any atom is -0.488 e. The molecule has 2 aromatic heterocycles. The highest BCUT2D eigenvalue weighted by Gasteiger charge is 2.20. The number of carbonyl (C=O) groups is 1. The number of benzene rings is 1. The van der Waals surface area contributed by atoms with Crippen LogP contribution in [-0.2, 0) is 6.42 Å². The number of pyridine rings is 1. The highest BCUT2D eigenvalue weighted by molar-refractivity contribution is 6.30. The molecule has 0 fully saturated rings. The second-order valence-corrected chi connectivity index (χ2v) is 7.09. The SMILES string of the molecule is O=C1NCCc2[nH]c(-c3ccnc(C4=Cc5cc(Cl)ccc5OC4)c3)cc21. The number of aromatic nitrogens is 2. The molecule has 0 aliphatic carbocycles. The van der Waals surface area contributed by atoms with Gasteiger partial charge in [0.1, 0.15) is 12.4 Å². The quantitative estimate of drug-likeness (QED) is 0.710. The second-order valence-electron chi connectivity index (χ2n) is 6.65. The molecule has 0 unspecified atom stereocenters. The fraction of sp³-hybridized carbons (Fsp3) is 0.143. The van der Waals surface area contributed by atoms with Crippen LogP contribution in [-0.4, -0.2) is 29.0 Å². The van der Waals surface area contributed by atoms with Crippen molar-refractivity contribution in [3.05, 3.63) is 70.1 Å². The first-order chi connectivity index (χ1) is 13.2. The molecule has 0 saturated heterocycles. The molecule has 2 aliphatic heterocycles. The monoisotopic (exact) mass is 377 g/mol. The van der Waals surface area contributed by atoms with Gasteiger partial charge in [0.05, 0.1) is 11.3 Å². The van der Waals surface area contributed by atoms with Crippen LogP contribution >= 0.6 is 11.6 Å². The third kappa shape index (κ3) is 2.90. The summed E-state index contributed by atoms with van der Waals surface area (Å²) in [6, 6.07) is 11.4. The van der Waals surface area contributed by atoms with Crippen molar-refractivity contribution < 1.29 is 9.53 Å². The molecule has 0 atom stereocenters. The summed E-state index contributed by atoms with van der Waals surface area (Å²) in [5, 5.41) is 3.55. The average molecular weight is 378 g/mol. The van der Waals surface area contributed by atoms with Crippen LogP contribution in [0.5, 0.6) is 5.75 Å². The number of halogens is 1. The van der Waals surface area contributed by atoms with Gasteiger partial charge in [-0.2, -0.15) is 0 Å². The molecule has 3 aromatic rings. The zero-order chi connectivity index (χ0) is 18.4. The Bertz CT molecular complexity index is 1100. The third-order valence-electron chi connectivity index (χ3n) is 4.89. The summed E-state index contributed by atoms with van der Waals surface area (Å²) in [4.78, 5) is 19.9. The van der Waals surface area contributed by atoms with Crippen LogP contribution in [0.4, 0.5) is 0 Å². The van der Waals surface area contributed by atoms with E-state index in [-0.39, 0.29) is 5.91 Å². The Hall–Kier alpha value is -3.05. The van der Waals surface area contributed by atoms with E-state index in [2.05, 4.69) is 21.4 Å². The summed E-state index contributed by atoms with van der Waals surface area (Å²) in [5.74, 6) is 0.798. The lowest BCUT2D eigenvalue weighted by Crippen LogP contribution is -2.31. The second kappa shape index (κ2) is 6.28. The molecule has 0 bridgehead atoms. The Labute approximate surface area is 161 Å². The van der Waals surface area contributed by atoms with E-state index in [1.165, 1.54) is 0 Å². The first kappa shape index (κ1) is 16.1. The molecule has 1 amide bonds. The summed E-state index contributed by atoms with van der Waals surface area (Å²) in [6.07, 6.45) is 4.65. The van der Waals surface area contributed by atoms with Crippen molar-refractivity contribution in [3.8, 4) is 17.0 Å². The molecule has 0 spiro atoms. The maximum Gasteiger partial charge on any atom is 0.253 e. The van der Waals surface area contributed by atoms with Crippen LogP contribution in [0.1, 0.15) is 27.3 Å². The maximum atomic E-state index is 12.0. The number of amides is 1. The Morgan fingerprint density at radius 2 is 2.07 bits per heavy atom. The Kier molecular flexibility index (Phi) is 3.76. The van der Waals surface area contributed by atoms with Crippen molar-refractivity contribution in [2.75, 3.05) is 13.2 Å². The zero-order valence-corrected chi connectivity index (χ0v) is 15.1. The number of hydrogen-bond acceptors (Lipinski definition) is 3. The lowest BCUT2D eigenvalue weighted by Gasteiger charge is -2.18. The topological polar surface area (TPSA) is 67.0 Å². The number of H-pyrrole nitrogens is 1. The van der Waals surface area contributed by atoms with Crippen molar-refractivity contribution >= 4 is 29.2 Å². The smallest absolute Gasteiger partial charge is 0.253 e.